The topological polar surface area (TPSA) is 102 Å². The van der Waals surface area contributed by atoms with E-state index in [9.17, 15) is 20.1 Å². The van der Waals surface area contributed by atoms with Gasteiger partial charge in [-0.2, -0.15) is 0 Å². The van der Waals surface area contributed by atoms with Crippen LogP contribution in [0.5, 0.6) is 11.5 Å². The highest BCUT2D eigenvalue weighted by Crippen LogP contribution is 2.24. The number of nitrogens with one attached hydrogen (secondary N) is 2. The number of phenols is 2. The minimum atomic E-state index is -0.865. The molecule has 0 fully saturated rings. The van der Waals surface area contributed by atoms with Crippen LogP contribution in [-0.4, -0.2) is 40.4 Å². The smallest absolute Gasteiger partial charge is 0.251 e. The van der Waals surface area contributed by atoms with Crippen molar-refractivity contribution < 1.29 is 20.1 Å². The lowest BCUT2D eigenvalue weighted by molar-refractivity contribution is 0.0954. The summed E-state index contributed by atoms with van der Waals surface area (Å²) in [5.41, 5.74) is 4.50. The maximum absolute atomic E-state index is 12.6. The Kier molecular flexibility index (Phi) is 8.46. The first-order valence-corrected chi connectivity index (χ1v) is 11.2. The zero-order chi connectivity index (χ0) is 23.8. The predicted molar refractivity (Wildman–Crippen MR) is 130 cm³/mol. The number of benzene rings is 3. The second-order valence-corrected chi connectivity index (χ2v) is 8.51. The molecule has 174 valence electrons. The molecule has 0 aliphatic carbocycles. The van der Waals surface area contributed by atoms with E-state index in [0.717, 1.165) is 12.0 Å². The third kappa shape index (κ3) is 7.63. The van der Waals surface area contributed by atoms with Gasteiger partial charge in [-0.05, 0) is 67.6 Å². The molecule has 2 atom stereocenters. The number of aryl methyl sites for hydroxylation is 1. The fraction of sp³-hybridized carbons (Fsp3) is 0.296. The second-order valence-electron chi connectivity index (χ2n) is 8.51. The molecule has 2 unspecified atom stereocenters. The number of carbonyl (C=O) groups excluding carboxylic acids is 1. The van der Waals surface area contributed by atoms with Crippen molar-refractivity contribution in [3.05, 3.63) is 94.5 Å². The molecule has 0 radical (unpaired) electrons. The van der Waals surface area contributed by atoms with Crippen LogP contribution < -0.4 is 10.6 Å². The van der Waals surface area contributed by atoms with Crippen LogP contribution in [0.2, 0.25) is 0 Å². The first-order valence-electron chi connectivity index (χ1n) is 11.2. The third-order valence-electron chi connectivity index (χ3n) is 5.48. The van der Waals surface area contributed by atoms with Crippen LogP contribution in [0.25, 0.3) is 0 Å². The summed E-state index contributed by atoms with van der Waals surface area (Å²) in [6, 6.07) is 20.0. The van der Waals surface area contributed by atoms with Crippen LogP contribution in [0.15, 0.2) is 66.7 Å². The van der Waals surface area contributed by atoms with Gasteiger partial charge in [0.25, 0.3) is 5.91 Å². The number of aliphatic hydroxyl groups excluding tert-OH is 1. The minimum absolute atomic E-state index is 0.0465. The number of carbonyl (C=O) groups is 1. The van der Waals surface area contributed by atoms with Crippen LogP contribution in [0.4, 0.5) is 0 Å². The van der Waals surface area contributed by atoms with Gasteiger partial charge in [0.1, 0.15) is 11.5 Å². The van der Waals surface area contributed by atoms with Crippen LogP contribution in [0.1, 0.15) is 45.6 Å². The summed E-state index contributed by atoms with van der Waals surface area (Å²) in [6.07, 6.45) is 0.603. The van der Waals surface area contributed by atoms with E-state index in [0.29, 0.717) is 24.1 Å². The zero-order valence-corrected chi connectivity index (χ0v) is 19.1. The number of hydrogen-bond acceptors (Lipinski definition) is 5. The fourth-order valence-corrected chi connectivity index (χ4v) is 3.80. The maximum atomic E-state index is 12.6. The van der Waals surface area contributed by atoms with E-state index in [2.05, 4.69) is 35.8 Å². The van der Waals surface area contributed by atoms with E-state index < -0.39 is 6.10 Å². The number of phenolic OH excluding ortho intramolecular Hbond substituents is 2. The first-order chi connectivity index (χ1) is 15.8. The Labute approximate surface area is 194 Å². The molecule has 0 aliphatic heterocycles. The summed E-state index contributed by atoms with van der Waals surface area (Å²) < 4.78 is 0. The molecule has 0 saturated carbocycles. The minimum Gasteiger partial charge on any atom is -0.508 e. The highest BCUT2D eigenvalue weighted by molar-refractivity contribution is 5.94. The van der Waals surface area contributed by atoms with E-state index in [1.165, 1.54) is 29.3 Å². The van der Waals surface area contributed by atoms with E-state index in [4.69, 9.17) is 0 Å². The number of rotatable bonds is 10. The second kappa shape index (κ2) is 11.5. The van der Waals surface area contributed by atoms with Crippen molar-refractivity contribution in [2.24, 2.45) is 0 Å². The van der Waals surface area contributed by atoms with Crippen molar-refractivity contribution in [3.63, 3.8) is 0 Å². The van der Waals surface area contributed by atoms with E-state index in [-0.39, 0.29) is 30.0 Å². The molecule has 6 nitrogen and oxygen atoms in total. The first kappa shape index (κ1) is 24.3. The molecule has 3 aromatic carbocycles. The van der Waals surface area contributed by atoms with Gasteiger partial charge in [0.05, 0.1) is 6.10 Å². The molecular weight excluding hydrogens is 416 g/mol. The van der Waals surface area contributed by atoms with Gasteiger partial charge in [-0.1, -0.05) is 42.0 Å². The standard InChI is InChI=1S/C27H32N2O4/c1-18-5-3-6-20(11-18)9-10-28-27(33)22-8-4-7-21(13-22)12-19(2)29-17-26(32)23-14-24(30)16-25(31)15-23/h3-8,11,13-16,19,26,29-32H,9-10,12,17H2,1-2H3,(H,28,33). The van der Waals surface area contributed by atoms with Crippen molar-refractivity contribution >= 4 is 5.91 Å². The molecule has 0 bridgehead atoms. The van der Waals surface area contributed by atoms with Gasteiger partial charge in [-0.15, -0.1) is 0 Å². The lowest BCUT2D eigenvalue weighted by atomic mass is 10.0. The molecule has 1 amide bonds. The molecule has 3 aromatic rings. The molecule has 0 aromatic heterocycles. The molecule has 0 spiro atoms. The van der Waals surface area contributed by atoms with Gasteiger partial charge in [-0.25, -0.2) is 0 Å². The van der Waals surface area contributed by atoms with Crippen molar-refractivity contribution in [2.75, 3.05) is 13.1 Å². The van der Waals surface area contributed by atoms with E-state index in [1.54, 1.807) is 0 Å². The van der Waals surface area contributed by atoms with E-state index >= 15 is 0 Å². The van der Waals surface area contributed by atoms with Gasteiger partial charge in [0.15, 0.2) is 0 Å². The molecule has 0 saturated heterocycles. The highest BCUT2D eigenvalue weighted by atomic mass is 16.3. The zero-order valence-electron chi connectivity index (χ0n) is 19.1. The molecule has 6 heteroatoms. The number of aromatic hydroxyl groups is 2. The average Bonchev–Trinajstić information content (AvgIpc) is 2.77. The Morgan fingerprint density at radius 3 is 2.36 bits per heavy atom. The van der Waals surface area contributed by atoms with Crippen molar-refractivity contribution in [1.82, 2.24) is 10.6 Å². The lowest BCUT2D eigenvalue weighted by Crippen LogP contribution is -2.32. The number of amides is 1. The van der Waals surface area contributed by atoms with Gasteiger partial charge in [-0.3, -0.25) is 4.79 Å². The molecule has 5 N–H and O–H groups in total. The van der Waals surface area contributed by atoms with E-state index in [1.807, 2.05) is 37.3 Å². The van der Waals surface area contributed by atoms with Crippen molar-refractivity contribution in [1.29, 1.82) is 0 Å². The number of hydrogen-bond donors (Lipinski definition) is 5. The van der Waals surface area contributed by atoms with Crippen LogP contribution in [0, 0.1) is 6.92 Å². The number of aliphatic hydroxyl groups is 1. The Morgan fingerprint density at radius 2 is 1.64 bits per heavy atom. The Balaban J connectivity index is 1.48. The van der Waals surface area contributed by atoms with Gasteiger partial charge < -0.3 is 26.0 Å². The van der Waals surface area contributed by atoms with Gasteiger partial charge >= 0.3 is 0 Å². The van der Waals surface area contributed by atoms with Crippen molar-refractivity contribution in [3.8, 4) is 11.5 Å². The third-order valence-corrected chi connectivity index (χ3v) is 5.48. The van der Waals surface area contributed by atoms with Gasteiger partial charge in [0, 0.05) is 30.8 Å². The Hall–Kier alpha value is -3.35. The largest absolute Gasteiger partial charge is 0.508 e. The Morgan fingerprint density at radius 1 is 0.939 bits per heavy atom. The highest BCUT2D eigenvalue weighted by Gasteiger charge is 2.13. The van der Waals surface area contributed by atoms with Crippen LogP contribution in [-0.2, 0) is 12.8 Å². The predicted octanol–water partition coefficient (Wildman–Crippen LogP) is 3.63. The van der Waals surface area contributed by atoms with Crippen molar-refractivity contribution in [2.45, 2.75) is 38.8 Å². The summed E-state index contributed by atoms with van der Waals surface area (Å²) in [5.74, 6) is -0.277. The molecule has 0 aliphatic rings. The summed E-state index contributed by atoms with van der Waals surface area (Å²) in [4.78, 5) is 12.6. The summed E-state index contributed by atoms with van der Waals surface area (Å²) in [6.45, 7) is 4.90. The van der Waals surface area contributed by atoms with Crippen LogP contribution >= 0.6 is 0 Å². The molecule has 33 heavy (non-hydrogen) atoms. The fourth-order valence-electron chi connectivity index (χ4n) is 3.80. The molecule has 0 heterocycles. The Bertz CT molecular complexity index is 1060. The lowest BCUT2D eigenvalue weighted by Gasteiger charge is -2.18. The summed E-state index contributed by atoms with van der Waals surface area (Å²) >= 11 is 0. The monoisotopic (exact) mass is 448 g/mol. The summed E-state index contributed by atoms with van der Waals surface area (Å²) in [5, 5.41) is 35.8. The quantitative estimate of drug-likeness (QED) is 0.326. The summed E-state index contributed by atoms with van der Waals surface area (Å²) in [7, 11) is 0. The molecular formula is C27H32N2O4. The maximum Gasteiger partial charge on any atom is 0.251 e. The van der Waals surface area contributed by atoms with Crippen LogP contribution in [0.3, 0.4) is 0 Å². The van der Waals surface area contributed by atoms with Gasteiger partial charge in [0.2, 0.25) is 0 Å². The molecule has 3 rings (SSSR count). The SMILES string of the molecule is Cc1cccc(CCNC(=O)c2cccc(CC(C)NCC(O)c3cc(O)cc(O)c3)c2)c1. The average molecular weight is 449 g/mol. The normalized spacial score (nSPS) is 12.8.